The lowest BCUT2D eigenvalue weighted by Gasteiger charge is -2.26. The zero-order valence-electron chi connectivity index (χ0n) is 14.2. The highest BCUT2D eigenvalue weighted by Crippen LogP contribution is 2.25. The first-order valence-corrected chi connectivity index (χ1v) is 8.42. The number of nitrogens with one attached hydrogen (secondary N) is 1. The summed E-state index contributed by atoms with van der Waals surface area (Å²) in [5, 5.41) is 12.1. The Bertz CT molecular complexity index is 916. The Hall–Kier alpha value is -2.56. The van der Waals surface area contributed by atoms with Crippen molar-refractivity contribution >= 4 is 16.9 Å². The molecule has 2 heterocycles. The molecule has 1 amide bonds. The van der Waals surface area contributed by atoms with Crippen LogP contribution < -0.4 is 16.7 Å². The highest BCUT2D eigenvalue weighted by atomic mass is 16.3. The second kappa shape index (κ2) is 7.13. The van der Waals surface area contributed by atoms with Crippen molar-refractivity contribution in [3.8, 4) is 11.8 Å². The van der Waals surface area contributed by atoms with E-state index in [-0.39, 0.29) is 11.6 Å². The van der Waals surface area contributed by atoms with E-state index in [1.807, 2.05) is 18.2 Å². The van der Waals surface area contributed by atoms with Crippen molar-refractivity contribution in [2.75, 3.05) is 6.54 Å². The molecule has 25 heavy (non-hydrogen) atoms. The topological polar surface area (TPSA) is 102 Å². The summed E-state index contributed by atoms with van der Waals surface area (Å²) in [4.78, 5) is 25.0. The van der Waals surface area contributed by atoms with Crippen molar-refractivity contribution in [3.05, 3.63) is 34.2 Å². The molecule has 0 radical (unpaired) electrons. The van der Waals surface area contributed by atoms with Gasteiger partial charge in [0.05, 0.1) is 16.6 Å². The number of aliphatic hydroxyl groups is 1. The number of hydrogen-bond acceptors (Lipinski definition) is 4. The molecule has 0 spiro atoms. The minimum absolute atomic E-state index is 0.261. The van der Waals surface area contributed by atoms with Gasteiger partial charge in [-0.05, 0) is 37.9 Å². The van der Waals surface area contributed by atoms with E-state index in [0.29, 0.717) is 36.8 Å². The highest BCUT2D eigenvalue weighted by Gasteiger charge is 2.31. The Morgan fingerprint density at radius 2 is 2.16 bits per heavy atom. The van der Waals surface area contributed by atoms with E-state index in [9.17, 15) is 14.7 Å². The number of nitrogens with two attached hydrogens (primary N) is 1. The molecule has 7 nitrogen and oxygen atoms in total. The van der Waals surface area contributed by atoms with E-state index in [2.05, 4.69) is 17.2 Å². The first-order valence-electron chi connectivity index (χ1n) is 8.42. The second-order valence-corrected chi connectivity index (χ2v) is 6.20. The largest absolute Gasteiger partial charge is 0.374 e. The first kappa shape index (κ1) is 17.3. The molecule has 2 aromatic rings. The lowest BCUT2D eigenvalue weighted by atomic mass is 10.0. The number of amides is 1. The molecule has 2 atom stereocenters. The smallest absolute Gasteiger partial charge is 0.329 e. The van der Waals surface area contributed by atoms with Crippen molar-refractivity contribution in [2.24, 2.45) is 12.8 Å². The third kappa shape index (κ3) is 3.18. The van der Waals surface area contributed by atoms with Crippen LogP contribution in [0, 0.1) is 11.8 Å². The van der Waals surface area contributed by atoms with Crippen molar-refractivity contribution < 1.29 is 9.90 Å². The van der Waals surface area contributed by atoms with Crippen LogP contribution in [0.2, 0.25) is 0 Å². The number of benzene rings is 1. The number of nitrogens with zero attached hydrogens (tertiary/aromatic N) is 2. The number of carbonyl (C=O) groups is 1. The van der Waals surface area contributed by atoms with Gasteiger partial charge in [0, 0.05) is 13.5 Å². The highest BCUT2D eigenvalue weighted by molar-refractivity contribution is 5.87. The van der Waals surface area contributed by atoms with Crippen LogP contribution in [0.4, 0.5) is 0 Å². The predicted octanol–water partition coefficient (Wildman–Crippen LogP) is 0.200. The maximum absolute atomic E-state index is 12.8. The average molecular weight is 342 g/mol. The van der Waals surface area contributed by atoms with E-state index in [4.69, 9.17) is 5.73 Å². The number of unbranched alkanes of at least 4 members (excludes halogenated alkanes) is 1. The molecule has 1 aliphatic heterocycles. The fraction of sp³-hybridized carbons (Fsp3) is 0.444. The lowest BCUT2D eigenvalue weighted by molar-refractivity contribution is -0.130. The summed E-state index contributed by atoms with van der Waals surface area (Å²) < 4.78 is 3.03. The van der Waals surface area contributed by atoms with Gasteiger partial charge in [0.2, 0.25) is 5.91 Å². The van der Waals surface area contributed by atoms with E-state index in [0.717, 1.165) is 12.0 Å². The summed E-state index contributed by atoms with van der Waals surface area (Å²) in [6.07, 6.45) is 1.51. The van der Waals surface area contributed by atoms with Gasteiger partial charge in [-0.3, -0.25) is 13.9 Å². The molecular formula is C18H22N4O3. The molecule has 132 valence electrons. The zero-order valence-corrected chi connectivity index (χ0v) is 14.2. The number of piperidine rings is 1. The summed E-state index contributed by atoms with van der Waals surface area (Å²) in [6, 6.07) is 4.90. The number of para-hydroxylation sites is 1. The average Bonchev–Trinajstić information content (AvgIpc) is 2.84. The van der Waals surface area contributed by atoms with Crippen LogP contribution in [0.25, 0.3) is 11.0 Å². The Morgan fingerprint density at radius 3 is 2.88 bits per heavy atom. The molecule has 0 aliphatic carbocycles. The van der Waals surface area contributed by atoms with Crippen molar-refractivity contribution in [2.45, 2.75) is 38.0 Å². The van der Waals surface area contributed by atoms with Crippen LogP contribution >= 0.6 is 0 Å². The fourth-order valence-corrected chi connectivity index (χ4v) is 3.21. The molecule has 3 rings (SSSR count). The number of aliphatic hydroxyl groups excluding tert-OH is 1. The molecule has 0 bridgehead atoms. The van der Waals surface area contributed by atoms with Gasteiger partial charge < -0.3 is 16.2 Å². The summed E-state index contributed by atoms with van der Waals surface area (Å²) >= 11 is 0. The number of hydrogen-bond donors (Lipinski definition) is 3. The Kier molecular flexibility index (Phi) is 4.93. The molecule has 1 aromatic carbocycles. The van der Waals surface area contributed by atoms with Gasteiger partial charge in [0.1, 0.15) is 12.3 Å². The number of rotatable bonds is 3. The minimum Gasteiger partial charge on any atom is -0.374 e. The summed E-state index contributed by atoms with van der Waals surface area (Å²) in [5.41, 5.74) is 7.36. The number of aromatic nitrogens is 2. The van der Waals surface area contributed by atoms with Gasteiger partial charge in [0.15, 0.2) is 0 Å². The van der Waals surface area contributed by atoms with Crippen molar-refractivity contribution in [1.82, 2.24) is 14.5 Å². The van der Waals surface area contributed by atoms with Crippen LogP contribution in [-0.4, -0.2) is 32.9 Å². The first-order chi connectivity index (χ1) is 12.0. The number of imidazole rings is 1. The third-order valence-corrected chi connectivity index (χ3v) is 4.47. The van der Waals surface area contributed by atoms with E-state index >= 15 is 0 Å². The molecule has 1 aromatic heterocycles. The van der Waals surface area contributed by atoms with Crippen LogP contribution in [0.3, 0.4) is 0 Å². The van der Waals surface area contributed by atoms with E-state index in [1.54, 1.807) is 7.05 Å². The van der Waals surface area contributed by atoms with Crippen molar-refractivity contribution in [1.29, 1.82) is 0 Å². The van der Waals surface area contributed by atoms with Crippen molar-refractivity contribution in [3.63, 3.8) is 0 Å². The van der Waals surface area contributed by atoms with Gasteiger partial charge in [-0.2, -0.15) is 0 Å². The number of carbonyl (C=O) groups excluding carboxylic acids is 1. The quantitative estimate of drug-likeness (QED) is 0.548. The molecule has 1 aliphatic rings. The third-order valence-electron chi connectivity index (χ3n) is 4.47. The molecule has 4 N–H and O–H groups in total. The summed E-state index contributed by atoms with van der Waals surface area (Å²) in [7, 11) is 1.68. The normalized spacial score (nSPS) is 20.2. The summed E-state index contributed by atoms with van der Waals surface area (Å²) in [6.45, 7) is 0.594. The van der Waals surface area contributed by atoms with E-state index < -0.39 is 12.3 Å². The monoisotopic (exact) mass is 342 g/mol. The number of aryl methyl sites for hydroxylation is 1. The van der Waals surface area contributed by atoms with E-state index in [1.165, 1.54) is 9.13 Å². The maximum Gasteiger partial charge on any atom is 0.329 e. The predicted molar refractivity (Wildman–Crippen MR) is 94.8 cm³/mol. The molecule has 0 saturated carbocycles. The van der Waals surface area contributed by atoms with Gasteiger partial charge in [-0.15, -0.1) is 0 Å². The van der Waals surface area contributed by atoms with Crippen LogP contribution in [0.1, 0.15) is 37.3 Å². The van der Waals surface area contributed by atoms with Gasteiger partial charge in [0.25, 0.3) is 0 Å². The lowest BCUT2D eigenvalue weighted by Crippen LogP contribution is -2.46. The number of fused-ring (bicyclic) bond motifs is 1. The zero-order chi connectivity index (χ0) is 18.0. The SMILES string of the molecule is Cn1c(=O)n(C2CCC(O)NC2=O)c2cccc(C#CCCCN)c21. The van der Waals surface area contributed by atoms with Crippen LogP contribution in [0.5, 0.6) is 0 Å². The fourth-order valence-electron chi connectivity index (χ4n) is 3.21. The standard InChI is InChI=1S/C18H22N4O3/c1-21-16-12(6-3-2-4-11-19)7-5-8-13(16)22(18(21)25)14-9-10-15(23)20-17(14)24/h5,7-8,14-15,23H,2,4,9-11,19H2,1H3,(H,20,24). The van der Waals surface area contributed by atoms with Gasteiger partial charge in [-0.1, -0.05) is 17.9 Å². The van der Waals surface area contributed by atoms with Crippen LogP contribution in [-0.2, 0) is 11.8 Å². The van der Waals surface area contributed by atoms with Gasteiger partial charge >= 0.3 is 5.69 Å². The van der Waals surface area contributed by atoms with Gasteiger partial charge in [-0.25, -0.2) is 4.79 Å². The maximum atomic E-state index is 12.8. The molecule has 2 unspecified atom stereocenters. The Labute approximate surface area is 145 Å². The molecule has 1 fully saturated rings. The van der Waals surface area contributed by atoms with Crippen LogP contribution in [0.15, 0.2) is 23.0 Å². The molecule has 7 heteroatoms. The summed E-state index contributed by atoms with van der Waals surface area (Å²) in [5.74, 6) is 5.84. The molecule has 1 saturated heterocycles. The Morgan fingerprint density at radius 1 is 1.36 bits per heavy atom. The Balaban J connectivity index is 2.09. The molecular weight excluding hydrogens is 320 g/mol. The second-order valence-electron chi connectivity index (χ2n) is 6.20. The minimum atomic E-state index is -0.849.